The van der Waals surface area contributed by atoms with Gasteiger partial charge < -0.3 is 16.4 Å². The Morgan fingerprint density at radius 3 is 1.03 bits per heavy atom. The van der Waals surface area contributed by atoms with Crippen LogP contribution in [0, 0.1) is 0 Å². The molecule has 0 heterocycles. The predicted molar refractivity (Wildman–Crippen MR) is 139 cm³/mol. The Kier molecular flexibility index (Phi) is 28.9. The van der Waals surface area contributed by atoms with Crippen molar-refractivity contribution in [2.45, 2.75) is 161 Å². The Morgan fingerprint density at radius 2 is 0.812 bits per heavy atom. The second-order valence-corrected chi connectivity index (χ2v) is 10.2. The molecular formula is C25H58N2O4S. The molecule has 32 heavy (non-hydrogen) atoms. The van der Waals surface area contributed by atoms with Gasteiger partial charge in [-0.05, 0) is 19.3 Å². The van der Waals surface area contributed by atoms with Crippen molar-refractivity contribution in [2.75, 3.05) is 0 Å². The molecule has 0 spiro atoms. The van der Waals surface area contributed by atoms with E-state index < -0.39 is 10.4 Å². The second-order valence-electron chi connectivity index (χ2n) is 9.34. The average Bonchev–Trinajstić information content (AvgIpc) is 2.69. The first-order chi connectivity index (χ1) is 14.7. The lowest BCUT2D eigenvalue weighted by molar-refractivity contribution is 0.302. The van der Waals surface area contributed by atoms with Gasteiger partial charge in [0.2, 0.25) is 10.4 Å². The fourth-order valence-corrected chi connectivity index (χ4v) is 4.15. The molecule has 198 valence electrons. The molecule has 0 atom stereocenters. The van der Waals surface area contributed by atoms with Crippen LogP contribution in [0.4, 0.5) is 0 Å². The van der Waals surface area contributed by atoms with Crippen LogP contribution in [-0.2, 0) is 10.4 Å². The van der Waals surface area contributed by atoms with Gasteiger partial charge in [0.25, 0.3) is 0 Å². The molecule has 0 saturated carbocycles. The number of nitrogens with two attached hydrogens (primary N) is 1. The first kappa shape index (κ1) is 36.4. The molecule has 0 aromatic rings. The predicted octanol–water partition coefficient (Wildman–Crippen LogP) is 8.21. The van der Waals surface area contributed by atoms with E-state index in [1.54, 1.807) is 0 Å². The number of hydrogen-bond acceptors (Lipinski definition) is 5. The SMILES string of the molecule is CCCCCCCCC(N)(CCCCCCCC)CCCCCCCC.N.O=S(=O)([O-])O.[H+]. The van der Waals surface area contributed by atoms with Crippen LogP contribution in [0.15, 0.2) is 0 Å². The van der Waals surface area contributed by atoms with E-state index in [1.807, 2.05) is 0 Å². The quantitative estimate of drug-likeness (QED) is 0.0855. The van der Waals surface area contributed by atoms with Crippen LogP contribution < -0.4 is 11.9 Å². The second kappa shape index (κ2) is 25.4. The molecule has 0 aliphatic carbocycles. The summed E-state index contributed by atoms with van der Waals surface area (Å²) < 4.78 is 32.8. The number of hydrogen-bond donors (Lipinski definition) is 3. The average molecular weight is 483 g/mol. The van der Waals surface area contributed by atoms with Crippen LogP contribution in [0.25, 0.3) is 0 Å². The highest BCUT2D eigenvalue weighted by atomic mass is 32.3. The normalized spacial score (nSPS) is 11.6. The third kappa shape index (κ3) is 34.4. The summed E-state index contributed by atoms with van der Waals surface area (Å²) >= 11 is 0. The minimum atomic E-state index is -4.92. The Hall–Kier alpha value is -0.210. The van der Waals surface area contributed by atoms with Crippen molar-refractivity contribution in [1.82, 2.24) is 6.15 Å². The molecule has 0 aliphatic heterocycles. The standard InChI is InChI=1S/C25H53N.H3N.H2O4S/c1-4-7-10-13-16-19-22-25(26,23-20-17-14-11-8-5-2)24-21-18-15-12-9-6-3;;1-5(2,3)4/h4-24,26H2,1-3H3;1H3;(H2,1,2,3,4). The Bertz CT molecular complexity index is 417. The van der Waals surface area contributed by atoms with Crippen LogP contribution in [0.2, 0.25) is 0 Å². The van der Waals surface area contributed by atoms with Gasteiger partial charge in [0.15, 0.2) is 0 Å². The van der Waals surface area contributed by atoms with E-state index in [0.29, 0.717) is 0 Å². The molecule has 6 nitrogen and oxygen atoms in total. The zero-order valence-electron chi connectivity index (χ0n) is 22.7. The molecule has 6 N–H and O–H groups in total. The van der Waals surface area contributed by atoms with Crippen LogP contribution in [0.3, 0.4) is 0 Å². The third-order valence-electron chi connectivity index (χ3n) is 6.08. The number of rotatable bonds is 21. The molecule has 0 amide bonds. The fourth-order valence-electron chi connectivity index (χ4n) is 4.15. The van der Waals surface area contributed by atoms with Gasteiger partial charge in [-0.25, -0.2) is 8.42 Å². The highest BCUT2D eigenvalue weighted by Gasteiger charge is 2.23. The lowest BCUT2D eigenvalue weighted by atomic mass is 9.82. The smallest absolute Gasteiger partial charge is 0.726 e. The van der Waals surface area contributed by atoms with Crippen molar-refractivity contribution < 1.29 is 18.9 Å². The van der Waals surface area contributed by atoms with E-state index in [4.69, 9.17) is 23.3 Å². The molecule has 0 aliphatic rings. The first-order valence-electron chi connectivity index (χ1n) is 13.2. The van der Waals surface area contributed by atoms with Gasteiger partial charge in [-0.15, -0.1) is 0 Å². The molecule has 0 aromatic carbocycles. The van der Waals surface area contributed by atoms with Crippen molar-refractivity contribution in [3.8, 4) is 0 Å². The van der Waals surface area contributed by atoms with Gasteiger partial charge in [-0.1, -0.05) is 136 Å². The summed E-state index contributed by atoms with van der Waals surface area (Å²) in [6.45, 7) is 6.89. The molecular weight excluding hydrogens is 424 g/mol. The zero-order chi connectivity index (χ0) is 23.8. The summed E-state index contributed by atoms with van der Waals surface area (Å²) in [5.74, 6) is 0. The van der Waals surface area contributed by atoms with Crippen molar-refractivity contribution >= 4 is 10.4 Å². The summed E-state index contributed by atoms with van der Waals surface area (Å²) in [5, 5.41) is 0. The van der Waals surface area contributed by atoms with Gasteiger partial charge >= 0.3 is 1.43 Å². The van der Waals surface area contributed by atoms with E-state index in [9.17, 15) is 0 Å². The maximum Gasteiger partial charge on any atom is 1.00 e. The van der Waals surface area contributed by atoms with Crippen molar-refractivity contribution in [2.24, 2.45) is 5.73 Å². The van der Waals surface area contributed by atoms with E-state index in [1.165, 1.54) is 135 Å². The van der Waals surface area contributed by atoms with E-state index in [-0.39, 0.29) is 13.1 Å². The summed E-state index contributed by atoms with van der Waals surface area (Å²) in [6.07, 6.45) is 28.8. The van der Waals surface area contributed by atoms with E-state index in [2.05, 4.69) is 20.8 Å². The topological polar surface area (TPSA) is 138 Å². The molecule has 0 rings (SSSR count). The molecule has 0 bridgehead atoms. The van der Waals surface area contributed by atoms with Crippen LogP contribution in [0.1, 0.15) is 157 Å². The minimum absolute atomic E-state index is 0. The van der Waals surface area contributed by atoms with Crippen LogP contribution >= 0.6 is 0 Å². The Labute approximate surface area is 202 Å². The van der Waals surface area contributed by atoms with Gasteiger partial charge in [0.05, 0.1) is 0 Å². The van der Waals surface area contributed by atoms with Crippen LogP contribution in [-0.4, -0.2) is 23.1 Å². The molecule has 0 fully saturated rings. The summed E-state index contributed by atoms with van der Waals surface area (Å²) in [6, 6.07) is 0. The van der Waals surface area contributed by atoms with Gasteiger partial charge in [-0.3, -0.25) is 4.55 Å². The summed E-state index contributed by atoms with van der Waals surface area (Å²) in [4.78, 5) is 0. The largest absolute Gasteiger partial charge is 1.00 e. The highest BCUT2D eigenvalue weighted by Crippen LogP contribution is 2.27. The third-order valence-corrected chi connectivity index (χ3v) is 6.08. The van der Waals surface area contributed by atoms with E-state index in [0.717, 1.165) is 0 Å². The molecule has 0 saturated heterocycles. The molecule has 0 unspecified atom stereocenters. The first-order valence-corrected chi connectivity index (χ1v) is 14.5. The lowest BCUT2D eigenvalue weighted by Crippen LogP contribution is -2.39. The molecule has 0 aromatic heterocycles. The Morgan fingerprint density at radius 1 is 0.625 bits per heavy atom. The van der Waals surface area contributed by atoms with Gasteiger partial charge in [0.1, 0.15) is 0 Å². The summed E-state index contributed by atoms with van der Waals surface area (Å²) in [7, 11) is -4.92. The maximum atomic E-state index is 8.63. The Balaban J connectivity index is -0.000000539. The molecule has 7 heteroatoms. The lowest BCUT2D eigenvalue weighted by Gasteiger charge is -2.30. The number of unbranched alkanes of at least 4 members (excludes halogenated alkanes) is 15. The van der Waals surface area contributed by atoms with Crippen LogP contribution in [0.5, 0.6) is 0 Å². The van der Waals surface area contributed by atoms with Gasteiger partial charge in [-0.2, -0.15) is 0 Å². The summed E-state index contributed by atoms with van der Waals surface area (Å²) in [5.41, 5.74) is 7.06. The van der Waals surface area contributed by atoms with Gasteiger partial charge in [0, 0.05) is 5.54 Å². The van der Waals surface area contributed by atoms with Crippen molar-refractivity contribution in [3.05, 3.63) is 0 Å². The maximum absolute atomic E-state index is 8.63. The van der Waals surface area contributed by atoms with Crippen molar-refractivity contribution in [3.63, 3.8) is 0 Å². The minimum Gasteiger partial charge on any atom is -0.726 e. The zero-order valence-corrected chi connectivity index (χ0v) is 22.5. The monoisotopic (exact) mass is 482 g/mol. The van der Waals surface area contributed by atoms with E-state index >= 15 is 0 Å². The highest BCUT2D eigenvalue weighted by molar-refractivity contribution is 7.79. The fraction of sp³-hybridized carbons (Fsp3) is 1.00. The molecule has 0 radical (unpaired) electrons. The van der Waals surface area contributed by atoms with Crippen molar-refractivity contribution in [1.29, 1.82) is 0 Å².